The third kappa shape index (κ3) is 16.8. The zero-order valence-electron chi connectivity index (χ0n) is 18.6. The minimum absolute atomic E-state index is 0.140. The van der Waals surface area contributed by atoms with Crippen LogP contribution in [0.15, 0.2) is 0 Å². The highest BCUT2D eigenvalue weighted by molar-refractivity contribution is 5.79. The molecule has 160 valence electrons. The number of carbonyl (C=O) groups excluding carboxylic acids is 2. The first-order valence-corrected chi connectivity index (χ1v) is 11.2. The molecule has 4 heteroatoms. The van der Waals surface area contributed by atoms with Crippen LogP contribution in [-0.2, 0) is 19.1 Å². The molecule has 1 atom stereocenters. The van der Waals surface area contributed by atoms with E-state index in [1.807, 2.05) is 27.7 Å². The molecule has 0 saturated heterocycles. The molecular weight excluding hydrogens is 340 g/mol. The van der Waals surface area contributed by atoms with Crippen LogP contribution in [0.2, 0.25) is 0 Å². The molecule has 0 saturated carbocycles. The molecule has 4 nitrogen and oxygen atoms in total. The topological polar surface area (TPSA) is 52.6 Å². The van der Waals surface area contributed by atoms with Crippen molar-refractivity contribution in [3.63, 3.8) is 0 Å². The highest BCUT2D eigenvalue weighted by Crippen LogP contribution is 2.19. The molecule has 0 aliphatic carbocycles. The van der Waals surface area contributed by atoms with Gasteiger partial charge in [0.15, 0.2) is 0 Å². The molecule has 0 aliphatic rings. The molecule has 1 unspecified atom stereocenters. The van der Waals surface area contributed by atoms with Gasteiger partial charge in [-0.25, -0.2) is 0 Å². The van der Waals surface area contributed by atoms with Crippen molar-refractivity contribution in [3.05, 3.63) is 0 Å². The monoisotopic (exact) mass is 384 g/mol. The summed E-state index contributed by atoms with van der Waals surface area (Å²) in [5.41, 5.74) is 0. The number of unbranched alkanes of at least 4 members (excludes halogenated alkanes) is 8. The highest BCUT2D eigenvalue weighted by Gasteiger charge is 2.24. The third-order valence-corrected chi connectivity index (χ3v) is 4.54. The van der Waals surface area contributed by atoms with Gasteiger partial charge >= 0.3 is 11.9 Å². The second-order valence-electron chi connectivity index (χ2n) is 8.62. The van der Waals surface area contributed by atoms with E-state index in [1.165, 1.54) is 44.9 Å². The van der Waals surface area contributed by atoms with Crippen LogP contribution in [0.1, 0.15) is 105 Å². The van der Waals surface area contributed by atoms with Crippen molar-refractivity contribution >= 4 is 11.9 Å². The Hall–Kier alpha value is -1.06. The summed E-state index contributed by atoms with van der Waals surface area (Å²) in [6.45, 7) is 11.1. The maximum atomic E-state index is 12.4. The summed E-state index contributed by atoms with van der Waals surface area (Å²) >= 11 is 0. The number of ether oxygens (including phenoxy) is 2. The van der Waals surface area contributed by atoms with E-state index in [0.717, 1.165) is 12.8 Å². The summed E-state index contributed by atoms with van der Waals surface area (Å²) in [4.78, 5) is 24.4. The van der Waals surface area contributed by atoms with Crippen molar-refractivity contribution in [1.29, 1.82) is 0 Å². The van der Waals surface area contributed by atoms with Crippen LogP contribution in [0.5, 0.6) is 0 Å². The van der Waals surface area contributed by atoms with E-state index in [1.54, 1.807) is 0 Å². The molecule has 0 bridgehead atoms. The fourth-order valence-electron chi connectivity index (χ4n) is 2.89. The fraction of sp³-hybridized carbons (Fsp3) is 0.913. The Morgan fingerprint density at radius 1 is 0.704 bits per heavy atom. The van der Waals surface area contributed by atoms with Crippen LogP contribution < -0.4 is 0 Å². The molecule has 0 aromatic carbocycles. The maximum Gasteiger partial charge on any atom is 0.309 e. The predicted octanol–water partition coefficient (Wildman–Crippen LogP) is 6.31. The van der Waals surface area contributed by atoms with E-state index in [0.29, 0.717) is 31.5 Å². The quantitative estimate of drug-likeness (QED) is 0.218. The van der Waals surface area contributed by atoms with Gasteiger partial charge in [-0.3, -0.25) is 9.59 Å². The van der Waals surface area contributed by atoms with E-state index < -0.39 is 0 Å². The first-order valence-electron chi connectivity index (χ1n) is 11.2. The molecular formula is C23H44O4. The van der Waals surface area contributed by atoms with Gasteiger partial charge in [-0.2, -0.15) is 0 Å². The average Bonchev–Trinajstić information content (AvgIpc) is 2.62. The SMILES string of the molecule is CCCCCCCCCCCC(CC(=O)OCC(C)C)C(=O)OCC(C)C. The van der Waals surface area contributed by atoms with Gasteiger partial charge in [0.2, 0.25) is 0 Å². The normalized spacial score (nSPS) is 12.4. The number of esters is 2. The largest absolute Gasteiger partial charge is 0.465 e. The number of hydrogen-bond acceptors (Lipinski definition) is 4. The number of rotatable bonds is 17. The minimum Gasteiger partial charge on any atom is -0.465 e. The lowest BCUT2D eigenvalue weighted by molar-refractivity contribution is -0.156. The summed E-state index contributed by atoms with van der Waals surface area (Å²) in [5, 5.41) is 0. The summed E-state index contributed by atoms with van der Waals surface area (Å²) in [5.74, 6) is -0.295. The van der Waals surface area contributed by atoms with Gasteiger partial charge in [0, 0.05) is 0 Å². The predicted molar refractivity (Wildman–Crippen MR) is 112 cm³/mol. The smallest absolute Gasteiger partial charge is 0.309 e. The zero-order valence-corrected chi connectivity index (χ0v) is 18.6. The second kappa shape index (κ2) is 17.1. The number of hydrogen-bond donors (Lipinski definition) is 0. The van der Waals surface area contributed by atoms with Crippen LogP contribution in [0, 0.1) is 17.8 Å². The zero-order chi connectivity index (χ0) is 20.5. The molecule has 0 aliphatic heterocycles. The van der Waals surface area contributed by atoms with Crippen molar-refractivity contribution < 1.29 is 19.1 Å². The first-order chi connectivity index (χ1) is 12.9. The molecule has 0 aromatic heterocycles. The maximum absolute atomic E-state index is 12.4. The van der Waals surface area contributed by atoms with Crippen molar-refractivity contribution in [2.75, 3.05) is 13.2 Å². The Bertz CT molecular complexity index is 377. The lowest BCUT2D eigenvalue weighted by Gasteiger charge is -2.17. The summed E-state index contributed by atoms with van der Waals surface area (Å²) < 4.78 is 10.6. The van der Waals surface area contributed by atoms with Crippen LogP contribution >= 0.6 is 0 Å². The molecule has 0 N–H and O–H groups in total. The van der Waals surface area contributed by atoms with E-state index in [-0.39, 0.29) is 24.3 Å². The molecule has 0 spiro atoms. The molecule has 0 aromatic rings. The van der Waals surface area contributed by atoms with Crippen molar-refractivity contribution in [3.8, 4) is 0 Å². The van der Waals surface area contributed by atoms with Gasteiger partial charge < -0.3 is 9.47 Å². The van der Waals surface area contributed by atoms with Crippen molar-refractivity contribution in [1.82, 2.24) is 0 Å². The van der Waals surface area contributed by atoms with E-state index in [9.17, 15) is 9.59 Å². The fourth-order valence-corrected chi connectivity index (χ4v) is 2.89. The molecule has 0 rings (SSSR count). The Kier molecular flexibility index (Phi) is 16.4. The minimum atomic E-state index is -0.368. The van der Waals surface area contributed by atoms with Crippen LogP contribution in [0.25, 0.3) is 0 Å². The van der Waals surface area contributed by atoms with Gasteiger partial charge in [0.05, 0.1) is 25.6 Å². The molecule has 0 fully saturated rings. The molecule has 0 heterocycles. The molecule has 0 amide bonds. The van der Waals surface area contributed by atoms with E-state index in [2.05, 4.69) is 6.92 Å². The van der Waals surface area contributed by atoms with E-state index >= 15 is 0 Å². The van der Waals surface area contributed by atoms with Crippen molar-refractivity contribution in [2.24, 2.45) is 17.8 Å². The summed E-state index contributed by atoms with van der Waals surface area (Å²) in [6, 6.07) is 0. The van der Waals surface area contributed by atoms with Gasteiger partial charge in [0.1, 0.15) is 0 Å². The Morgan fingerprint density at radius 2 is 1.19 bits per heavy atom. The van der Waals surface area contributed by atoms with E-state index in [4.69, 9.17) is 9.47 Å². The Balaban J connectivity index is 4.17. The average molecular weight is 385 g/mol. The van der Waals surface area contributed by atoms with Gasteiger partial charge in [-0.1, -0.05) is 92.4 Å². The van der Waals surface area contributed by atoms with Gasteiger partial charge in [-0.15, -0.1) is 0 Å². The summed E-state index contributed by atoms with van der Waals surface area (Å²) in [6.07, 6.45) is 12.0. The Labute approximate surface area is 167 Å². The molecule has 27 heavy (non-hydrogen) atoms. The highest BCUT2D eigenvalue weighted by atomic mass is 16.5. The standard InChI is InChI=1S/C23H44O4/c1-6-7-8-9-10-11-12-13-14-15-21(23(25)27-18-20(4)5)16-22(24)26-17-19(2)3/h19-21H,6-18H2,1-5H3. The molecule has 0 radical (unpaired) electrons. The second-order valence-corrected chi connectivity index (χ2v) is 8.62. The lowest BCUT2D eigenvalue weighted by atomic mass is 9.97. The summed E-state index contributed by atoms with van der Waals surface area (Å²) in [7, 11) is 0. The van der Waals surface area contributed by atoms with Gasteiger partial charge in [-0.05, 0) is 18.3 Å². The Morgan fingerprint density at radius 3 is 1.70 bits per heavy atom. The third-order valence-electron chi connectivity index (χ3n) is 4.54. The van der Waals surface area contributed by atoms with Gasteiger partial charge in [0.25, 0.3) is 0 Å². The van der Waals surface area contributed by atoms with Crippen molar-refractivity contribution in [2.45, 2.75) is 105 Å². The van der Waals surface area contributed by atoms with Crippen LogP contribution in [-0.4, -0.2) is 25.2 Å². The lowest BCUT2D eigenvalue weighted by Crippen LogP contribution is -2.24. The first kappa shape index (κ1) is 25.9. The van der Waals surface area contributed by atoms with Crippen LogP contribution in [0.3, 0.4) is 0 Å². The number of carbonyl (C=O) groups is 2. The van der Waals surface area contributed by atoms with Crippen LogP contribution in [0.4, 0.5) is 0 Å².